The van der Waals surface area contributed by atoms with E-state index < -0.39 is 0 Å². The number of nitrogens with one attached hydrogen (secondary N) is 1. The van der Waals surface area contributed by atoms with Crippen LogP contribution in [-0.2, 0) is 0 Å². The second kappa shape index (κ2) is 12.6. The molecule has 2 heteroatoms. The minimum Gasteiger partial charge on any atom is -0.382 e. The molecule has 0 aromatic carbocycles. The highest BCUT2D eigenvalue weighted by Gasteiger charge is 2.45. The Bertz CT molecular complexity index is 1450. The Balaban J connectivity index is 1.00. The third-order valence-electron chi connectivity index (χ3n) is 11.8. The van der Waals surface area contributed by atoms with Crippen molar-refractivity contribution in [1.82, 2.24) is 10.2 Å². The zero-order valence-corrected chi connectivity index (χ0v) is 26.4. The molecule has 0 amide bonds. The molecule has 0 bridgehead atoms. The minimum absolute atomic E-state index is 0.440. The van der Waals surface area contributed by atoms with E-state index in [0.29, 0.717) is 47.7 Å². The highest BCUT2D eigenvalue weighted by molar-refractivity contribution is 5.48. The molecule has 2 nitrogen and oxygen atoms in total. The maximum absolute atomic E-state index is 3.94. The van der Waals surface area contributed by atoms with Gasteiger partial charge in [0.15, 0.2) is 0 Å². The van der Waals surface area contributed by atoms with Gasteiger partial charge in [-0.05, 0) is 94.1 Å². The molecule has 1 saturated heterocycles. The van der Waals surface area contributed by atoms with Crippen LogP contribution in [0, 0.1) is 29.6 Å². The van der Waals surface area contributed by atoms with Gasteiger partial charge in [-0.1, -0.05) is 109 Å². The van der Waals surface area contributed by atoms with Gasteiger partial charge in [0.2, 0.25) is 0 Å². The van der Waals surface area contributed by atoms with Crippen molar-refractivity contribution in [1.29, 1.82) is 0 Å². The summed E-state index contributed by atoms with van der Waals surface area (Å²) in [5.41, 5.74) is 7.95. The average Bonchev–Trinajstić information content (AvgIpc) is 3.43. The number of hydrogen-bond donors (Lipinski definition) is 1. The van der Waals surface area contributed by atoms with Crippen LogP contribution < -0.4 is 5.32 Å². The van der Waals surface area contributed by atoms with Gasteiger partial charge in [-0.2, -0.15) is 0 Å². The van der Waals surface area contributed by atoms with Crippen LogP contribution in [0.5, 0.6) is 0 Å². The molecule has 7 aliphatic carbocycles. The average molecular weight is 583 g/mol. The molecule has 1 fully saturated rings. The Morgan fingerprint density at radius 2 is 1.64 bits per heavy atom. The van der Waals surface area contributed by atoms with Crippen molar-refractivity contribution in [3.63, 3.8) is 0 Å². The Labute approximate surface area is 265 Å². The third kappa shape index (κ3) is 5.55. The van der Waals surface area contributed by atoms with Gasteiger partial charge in [0.25, 0.3) is 0 Å². The molecular weight excluding hydrogens is 532 g/mol. The van der Waals surface area contributed by atoms with Gasteiger partial charge < -0.3 is 10.2 Å². The van der Waals surface area contributed by atoms with Crippen molar-refractivity contribution in [2.24, 2.45) is 29.6 Å². The topological polar surface area (TPSA) is 15.3 Å². The van der Waals surface area contributed by atoms with Crippen molar-refractivity contribution in [3.05, 3.63) is 131 Å². The summed E-state index contributed by atoms with van der Waals surface area (Å²) in [6.45, 7) is 0. The normalized spacial score (nSPS) is 37.5. The van der Waals surface area contributed by atoms with Crippen molar-refractivity contribution in [2.45, 2.75) is 95.2 Å². The first-order valence-electron chi connectivity index (χ1n) is 17.9. The number of likely N-dealkylation sites (tertiary alicyclic amines) is 1. The van der Waals surface area contributed by atoms with E-state index in [1.54, 1.807) is 22.4 Å². The minimum atomic E-state index is 0.440. The number of allylic oxidation sites excluding steroid dienone is 17. The maximum atomic E-state index is 3.94. The molecule has 8 rings (SSSR count). The quantitative estimate of drug-likeness (QED) is 0.314. The largest absolute Gasteiger partial charge is 0.382 e. The third-order valence-corrected chi connectivity index (χ3v) is 11.8. The van der Waals surface area contributed by atoms with E-state index in [0.717, 1.165) is 12.8 Å². The maximum Gasteiger partial charge on any atom is 0.0479 e. The van der Waals surface area contributed by atoms with Gasteiger partial charge in [0.1, 0.15) is 0 Å². The highest BCUT2D eigenvalue weighted by Crippen LogP contribution is 2.50. The summed E-state index contributed by atoms with van der Waals surface area (Å²) >= 11 is 0. The molecular formula is C42H50N2. The Morgan fingerprint density at radius 1 is 0.705 bits per heavy atom. The van der Waals surface area contributed by atoms with Gasteiger partial charge >= 0.3 is 0 Å². The zero-order valence-electron chi connectivity index (χ0n) is 26.4. The summed E-state index contributed by atoms with van der Waals surface area (Å²) < 4.78 is 0. The predicted molar refractivity (Wildman–Crippen MR) is 184 cm³/mol. The zero-order chi connectivity index (χ0) is 29.3. The first kappa shape index (κ1) is 28.2. The van der Waals surface area contributed by atoms with E-state index in [1.165, 1.54) is 69.9 Å². The smallest absolute Gasteiger partial charge is 0.0479 e. The molecule has 0 aromatic heterocycles. The van der Waals surface area contributed by atoms with Crippen LogP contribution in [0.15, 0.2) is 131 Å². The molecule has 8 atom stereocenters. The van der Waals surface area contributed by atoms with Crippen molar-refractivity contribution >= 4 is 0 Å². The summed E-state index contributed by atoms with van der Waals surface area (Å²) in [7, 11) is 0. The second-order valence-electron chi connectivity index (χ2n) is 14.4. The van der Waals surface area contributed by atoms with Crippen LogP contribution in [-0.4, -0.2) is 23.0 Å². The molecule has 8 unspecified atom stereocenters. The van der Waals surface area contributed by atoms with Crippen molar-refractivity contribution in [2.75, 3.05) is 0 Å². The molecule has 1 aliphatic heterocycles. The molecule has 0 radical (unpaired) electrons. The van der Waals surface area contributed by atoms with E-state index in [4.69, 9.17) is 0 Å². The predicted octanol–water partition coefficient (Wildman–Crippen LogP) is 9.74. The van der Waals surface area contributed by atoms with Gasteiger partial charge in [-0.3, -0.25) is 0 Å². The Hall–Kier alpha value is -3.26. The van der Waals surface area contributed by atoms with E-state index in [-0.39, 0.29) is 0 Å². The SMILES string of the molecule is C1=CCC(NC2=CCCCC2C2C=C(C3C=C4C(=CC3)N(C3CC=C(C5C=CC=CC5)CC3)C3CCC=CC43)C=CC2)C=C1. The number of rotatable bonds is 6. The lowest BCUT2D eigenvalue weighted by Crippen LogP contribution is -2.41. The van der Waals surface area contributed by atoms with Crippen LogP contribution in [0.1, 0.15) is 77.0 Å². The lowest BCUT2D eigenvalue weighted by molar-refractivity contribution is 0.174. The molecule has 0 spiro atoms. The fraction of sp³-hybridized carbons (Fsp3) is 0.476. The Kier molecular flexibility index (Phi) is 8.10. The fourth-order valence-corrected chi connectivity index (χ4v) is 9.54. The summed E-state index contributed by atoms with van der Waals surface area (Å²) in [6, 6.07) is 1.73. The molecule has 228 valence electrons. The van der Waals surface area contributed by atoms with E-state index in [1.807, 2.05) is 0 Å². The first-order valence-corrected chi connectivity index (χ1v) is 17.9. The Morgan fingerprint density at radius 3 is 2.48 bits per heavy atom. The van der Waals surface area contributed by atoms with Crippen molar-refractivity contribution < 1.29 is 0 Å². The number of hydrogen-bond acceptors (Lipinski definition) is 2. The van der Waals surface area contributed by atoms with Gasteiger partial charge in [-0.15, -0.1) is 0 Å². The fourth-order valence-electron chi connectivity index (χ4n) is 9.54. The van der Waals surface area contributed by atoms with Crippen LogP contribution in [0.25, 0.3) is 0 Å². The summed E-state index contributed by atoms with van der Waals surface area (Å²) in [5.74, 6) is 2.91. The van der Waals surface area contributed by atoms with E-state index in [2.05, 4.69) is 114 Å². The van der Waals surface area contributed by atoms with E-state index >= 15 is 0 Å². The van der Waals surface area contributed by atoms with Crippen LogP contribution >= 0.6 is 0 Å². The monoisotopic (exact) mass is 582 g/mol. The van der Waals surface area contributed by atoms with Gasteiger partial charge in [0.05, 0.1) is 0 Å². The summed E-state index contributed by atoms with van der Waals surface area (Å²) in [5, 5.41) is 3.94. The lowest BCUT2D eigenvalue weighted by atomic mass is 9.74. The molecule has 1 N–H and O–H groups in total. The molecule has 1 heterocycles. The van der Waals surface area contributed by atoms with Gasteiger partial charge in [-0.25, -0.2) is 0 Å². The van der Waals surface area contributed by atoms with Crippen LogP contribution in [0.3, 0.4) is 0 Å². The standard InChI is InChI=1S/C42H50N2/c1-3-12-30(13-4-1)31-22-25-36(26-23-31)44-41-21-10-8-19-38(41)39-29-33(24-27-42(39)44)32-14-11-15-34(28-32)37-18-7-9-20-40(37)43-35-16-5-2-6-17-35/h1-6,8,11-12,14,16,19-20,22,27-30,33-38,41,43H,7,9-10,13,15,17-18,21,23-26H2. The summed E-state index contributed by atoms with van der Waals surface area (Å²) in [4.78, 5) is 2.91. The lowest BCUT2D eigenvalue weighted by Gasteiger charge is -2.40. The van der Waals surface area contributed by atoms with E-state index in [9.17, 15) is 0 Å². The number of fused-ring (bicyclic) bond motifs is 3. The van der Waals surface area contributed by atoms with Crippen molar-refractivity contribution in [3.8, 4) is 0 Å². The molecule has 0 saturated carbocycles. The van der Waals surface area contributed by atoms with Gasteiger partial charge in [0, 0.05) is 53.2 Å². The molecule has 0 aromatic rings. The second-order valence-corrected chi connectivity index (χ2v) is 14.4. The van der Waals surface area contributed by atoms with Crippen LogP contribution in [0.4, 0.5) is 0 Å². The van der Waals surface area contributed by atoms with Crippen LogP contribution in [0.2, 0.25) is 0 Å². The molecule has 8 aliphatic rings. The highest BCUT2D eigenvalue weighted by atomic mass is 15.2. The summed E-state index contributed by atoms with van der Waals surface area (Å²) in [6.07, 6.45) is 56.1. The first-order chi connectivity index (χ1) is 21.8. The number of nitrogens with zero attached hydrogens (tertiary/aromatic N) is 1. The molecule has 44 heavy (non-hydrogen) atoms.